The zero-order valence-corrected chi connectivity index (χ0v) is 12.1. The molecule has 1 rings (SSSR count). The molecule has 1 unspecified atom stereocenters. The van der Waals surface area contributed by atoms with E-state index in [9.17, 15) is 26.4 Å². The van der Waals surface area contributed by atoms with Crippen LogP contribution in [0.1, 0.15) is 6.42 Å². The number of carboxylic acid groups (broad SMARTS) is 1. The zero-order valence-electron chi connectivity index (χ0n) is 10.5. The molecule has 0 bridgehead atoms. The quantitative estimate of drug-likeness (QED) is 0.611. The van der Waals surface area contributed by atoms with Crippen LogP contribution in [0.4, 0.5) is 4.79 Å². The highest BCUT2D eigenvalue weighted by Gasteiger charge is 2.40. The molecule has 12 heteroatoms. The first kappa shape index (κ1) is 16.7. The highest BCUT2D eigenvalue weighted by atomic mass is 32.2. The first-order valence-electron chi connectivity index (χ1n) is 5.37. The third-order valence-electron chi connectivity index (χ3n) is 2.59. The molecule has 116 valence electrons. The fourth-order valence-corrected chi connectivity index (χ4v) is 4.78. The van der Waals surface area contributed by atoms with E-state index in [2.05, 4.69) is 4.74 Å². The predicted molar refractivity (Wildman–Crippen MR) is 65.9 cm³/mol. The average Bonchev–Trinajstić information content (AvgIpc) is 2.25. The van der Waals surface area contributed by atoms with Crippen LogP contribution in [0.5, 0.6) is 0 Å². The zero-order chi connectivity index (χ0) is 15.6. The maximum atomic E-state index is 11.9. The Bertz CT molecular complexity index is 596. The van der Waals surface area contributed by atoms with Crippen LogP contribution in [0.3, 0.4) is 0 Å². The first-order chi connectivity index (χ1) is 9.07. The number of hydrogen-bond acceptors (Lipinski definition) is 7. The van der Waals surface area contributed by atoms with Crippen molar-refractivity contribution < 1.29 is 36.3 Å². The lowest BCUT2D eigenvalue weighted by Crippen LogP contribution is -2.55. The minimum absolute atomic E-state index is 0.424. The minimum Gasteiger partial charge on any atom is -0.481 e. The molecule has 1 aliphatic heterocycles. The van der Waals surface area contributed by atoms with Crippen LogP contribution >= 0.6 is 0 Å². The molecule has 1 fully saturated rings. The molecule has 1 aliphatic rings. The van der Waals surface area contributed by atoms with E-state index >= 15 is 0 Å². The summed E-state index contributed by atoms with van der Waals surface area (Å²) < 4.78 is 53.1. The van der Waals surface area contributed by atoms with Crippen molar-refractivity contribution in [3.63, 3.8) is 0 Å². The molecule has 1 saturated heterocycles. The van der Waals surface area contributed by atoms with Gasteiger partial charge in [-0.05, 0) is 0 Å². The van der Waals surface area contributed by atoms with Crippen molar-refractivity contribution in [3.05, 3.63) is 0 Å². The standard InChI is InChI=1S/C8H14N2O8S2/c1-18-8(13)9-20(16,17)10-2-3-19(14,15)5-6(10)4-7(11)12/h6H,2-5H2,1H3,(H,9,13)(H,11,12). The van der Waals surface area contributed by atoms with Gasteiger partial charge in [-0.25, -0.2) is 17.9 Å². The van der Waals surface area contributed by atoms with E-state index in [1.165, 1.54) is 0 Å². The van der Waals surface area contributed by atoms with Crippen LogP contribution in [0.15, 0.2) is 0 Å². The monoisotopic (exact) mass is 330 g/mol. The largest absolute Gasteiger partial charge is 0.481 e. The van der Waals surface area contributed by atoms with Gasteiger partial charge in [-0.15, -0.1) is 0 Å². The molecule has 0 saturated carbocycles. The molecule has 1 amide bonds. The molecule has 0 aliphatic carbocycles. The van der Waals surface area contributed by atoms with E-state index in [0.717, 1.165) is 7.11 Å². The van der Waals surface area contributed by atoms with Gasteiger partial charge < -0.3 is 9.84 Å². The van der Waals surface area contributed by atoms with Crippen molar-refractivity contribution in [1.82, 2.24) is 9.03 Å². The summed E-state index contributed by atoms with van der Waals surface area (Å²) in [6.07, 6.45) is -1.92. The number of aliphatic carboxylic acids is 1. The van der Waals surface area contributed by atoms with Crippen LogP contribution in [-0.4, -0.2) is 69.5 Å². The number of carboxylic acids is 1. The van der Waals surface area contributed by atoms with E-state index in [0.29, 0.717) is 4.31 Å². The lowest BCUT2D eigenvalue weighted by molar-refractivity contribution is -0.137. The highest BCUT2D eigenvalue weighted by Crippen LogP contribution is 2.18. The molecule has 1 atom stereocenters. The summed E-state index contributed by atoms with van der Waals surface area (Å²) in [4.78, 5) is 21.7. The number of nitrogens with zero attached hydrogens (tertiary/aromatic N) is 1. The van der Waals surface area contributed by atoms with Gasteiger partial charge in [0.25, 0.3) is 0 Å². The van der Waals surface area contributed by atoms with Gasteiger partial charge in [-0.3, -0.25) is 4.79 Å². The Hall–Kier alpha value is -1.40. The van der Waals surface area contributed by atoms with Crippen molar-refractivity contribution in [1.29, 1.82) is 0 Å². The summed E-state index contributed by atoms with van der Waals surface area (Å²) in [5.41, 5.74) is 0. The summed E-state index contributed by atoms with van der Waals surface area (Å²) in [5, 5.41) is 8.72. The third-order valence-corrected chi connectivity index (χ3v) is 5.81. The number of sulfone groups is 1. The van der Waals surface area contributed by atoms with Crippen molar-refractivity contribution in [2.45, 2.75) is 12.5 Å². The second kappa shape index (κ2) is 5.93. The summed E-state index contributed by atoms with van der Waals surface area (Å²) >= 11 is 0. The SMILES string of the molecule is COC(=O)NS(=O)(=O)N1CCS(=O)(=O)CC1CC(=O)O. The second-order valence-corrected chi connectivity index (χ2v) is 7.93. The number of ether oxygens (including phenoxy) is 1. The maximum absolute atomic E-state index is 11.9. The molecule has 0 aromatic rings. The van der Waals surface area contributed by atoms with Gasteiger partial charge in [-0.2, -0.15) is 12.7 Å². The Morgan fingerprint density at radius 1 is 1.45 bits per heavy atom. The Balaban J connectivity index is 3.01. The molecule has 2 N–H and O–H groups in total. The van der Waals surface area contributed by atoms with E-state index in [4.69, 9.17) is 5.11 Å². The summed E-state index contributed by atoms with van der Waals surface area (Å²) in [7, 11) is -6.92. The molecular weight excluding hydrogens is 316 g/mol. The Morgan fingerprint density at radius 3 is 2.55 bits per heavy atom. The minimum atomic E-state index is -4.36. The summed E-state index contributed by atoms with van der Waals surface area (Å²) in [6.45, 7) is -0.424. The Labute approximate surface area is 115 Å². The van der Waals surface area contributed by atoms with Gasteiger partial charge >= 0.3 is 22.3 Å². The van der Waals surface area contributed by atoms with Gasteiger partial charge in [0.2, 0.25) is 0 Å². The van der Waals surface area contributed by atoms with Crippen molar-refractivity contribution in [2.75, 3.05) is 25.2 Å². The van der Waals surface area contributed by atoms with Gasteiger partial charge in [0.15, 0.2) is 9.84 Å². The third kappa shape index (κ3) is 4.31. The van der Waals surface area contributed by atoms with Crippen molar-refractivity contribution in [2.24, 2.45) is 0 Å². The van der Waals surface area contributed by atoms with Crippen LogP contribution in [0.2, 0.25) is 0 Å². The normalized spacial score (nSPS) is 22.9. The molecule has 1 heterocycles. The topological polar surface area (TPSA) is 147 Å². The first-order valence-corrected chi connectivity index (χ1v) is 8.63. The number of methoxy groups -OCH3 is 1. The number of carbonyl (C=O) groups is 2. The van der Waals surface area contributed by atoms with Crippen LogP contribution in [-0.2, 0) is 29.6 Å². The Morgan fingerprint density at radius 2 is 2.05 bits per heavy atom. The van der Waals surface area contributed by atoms with E-state index in [1.807, 2.05) is 0 Å². The van der Waals surface area contributed by atoms with Gasteiger partial charge in [-0.1, -0.05) is 0 Å². The molecular formula is C8H14N2O8S2. The lowest BCUT2D eigenvalue weighted by Gasteiger charge is -2.32. The number of amides is 1. The maximum Gasteiger partial charge on any atom is 0.421 e. The van der Waals surface area contributed by atoms with Crippen LogP contribution < -0.4 is 4.72 Å². The van der Waals surface area contributed by atoms with E-state index in [1.54, 1.807) is 4.72 Å². The van der Waals surface area contributed by atoms with E-state index in [-0.39, 0.29) is 0 Å². The van der Waals surface area contributed by atoms with Gasteiger partial charge in [0.05, 0.1) is 31.1 Å². The fraction of sp³-hybridized carbons (Fsp3) is 0.750. The second-order valence-electron chi connectivity index (χ2n) is 4.08. The summed E-state index contributed by atoms with van der Waals surface area (Å²) in [6, 6.07) is -1.27. The lowest BCUT2D eigenvalue weighted by atomic mass is 10.2. The van der Waals surface area contributed by atoms with Crippen LogP contribution in [0.25, 0.3) is 0 Å². The number of rotatable bonds is 4. The van der Waals surface area contributed by atoms with Crippen LogP contribution in [0, 0.1) is 0 Å². The van der Waals surface area contributed by atoms with Gasteiger partial charge in [0, 0.05) is 6.54 Å². The fourth-order valence-electron chi connectivity index (χ4n) is 1.76. The average molecular weight is 330 g/mol. The van der Waals surface area contributed by atoms with Crippen molar-refractivity contribution >= 4 is 32.1 Å². The van der Waals surface area contributed by atoms with E-state index < -0.39 is 62.6 Å². The highest BCUT2D eigenvalue weighted by molar-refractivity contribution is 7.92. The molecule has 0 aromatic carbocycles. The molecule has 10 nitrogen and oxygen atoms in total. The Kier molecular flexibility index (Phi) is 4.94. The molecule has 0 radical (unpaired) electrons. The predicted octanol–water partition coefficient (Wildman–Crippen LogP) is -1.84. The number of hydrogen-bond donors (Lipinski definition) is 2. The smallest absolute Gasteiger partial charge is 0.421 e. The molecule has 0 spiro atoms. The van der Waals surface area contributed by atoms with Crippen molar-refractivity contribution in [3.8, 4) is 0 Å². The molecule has 0 aromatic heterocycles. The number of carbonyl (C=O) groups excluding carboxylic acids is 1. The van der Waals surface area contributed by atoms with Gasteiger partial charge in [0.1, 0.15) is 0 Å². The number of nitrogens with one attached hydrogen (secondary N) is 1. The molecule has 20 heavy (non-hydrogen) atoms. The summed E-state index contributed by atoms with van der Waals surface area (Å²) in [5.74, 6) is -2.39.